The van der Waals surface area contributed by atoms with Crippen LogP contribution >= 0.6 is 0 Å². The van der Waals surface area contributed by atoms with Crippen LogP contribution in [0.4, 0.5) is 11.6 Å². The van der Waals surface area contributed by atoms with Crippen molar-refractivity contribution in [1.82, 2.24) is 9.97 Å². The van der Waals surface area contributed by atoms with Crippen LogP contribution in [0.1, 0.15) is 125 Å². The standard InChI is InChI=1S/C34H52N4O4/c1-5-7-9-11-13-15-27(3)41-33(39)29-17-19-31(35-25-29)37-21-23-38(24-22-37)32-20-18-30(26-36-32)34(40)42-28(4)16-14-12-10-8-6-2/h17-20,25-28H,5-16,21-24H2,1-4H3/t27-,28?/m0/s1. The van der Waals surface area contributed by atoms with Crippen molar-refractivity contribution >= 4 is 23.6 Å². The molecule has 42 heavy (non-hydrogen) atoms. The van der Waals surface area contributed by atoms with E-state index in [0.717, 1.165) is 63.5 Å². The highest BCUT2D eigenvalue weighted by Crippen LogP contribution is 2.20. The molecule has 2 aromatic rings. The van der Waals surface area contributed by atoms with Gasteiger partial charge >= 0.3 is 11.9 Å². The van der Waals surface area contributed by atoms with Crippen LogP contribution in [0.25, 0.3) is 0 Å². The van der Waals surface area contributed by atoms with Crippen molar-refractivity contribution in [3.05, 3.63) is 47.8 Å². The minimum absolute atomic E-state index is 0.0890. The molecule has 2 atom stereocenters. The number of carbonyl (C=O) groups excluding carboxylic acids is 2. The number of pyridine rings is 2. The van der Waals surface area contributed by atoms with Gasteiger partial charge in [0.15, 0.2) is 0 Å². The molecule has 8 heteroatoms. The van der Waals surface area contributed by atoms with E-state index in [9.17, 15) is 9.59 Å². The lowest BCUT2D eigenvalue weighted by atomic mass is 10.1. The Kier molecular flexibility index (Phi) is 14.6. The fraction of sp³-hybridized carbons (Fsp3) is 0.647. The molecule has 0 aliphatic carbocycles. The monoisotopic (exact) mass is 580 g/mol. The van der Waals surface area contributed by atoms with Crippen molar-refractivity contribution in [2.45, 2.75) is 117 Å². The van der Waals surface area contributed by atoms with E-state index in [4.69, 9.17) is 9.47 Å². The van der Waals surface area contributed by atoms with E-state index >= 15 is 0 Å². The second-order valence-corrected chi connectivity index (χ2v) is 11.6. The lowest BCUT2D eigenvalue weighted by Gasteiger charge is -2.36. The summed E-state index contributed by atoms with van der Waals surface area (Å²) in [6, 6.07) is 7.40. The Labute approximate surface area is 253 Å². The predicted octanol–water partition coefficient (Wildman–Crippen LogP) is 7.61. The predicted molar refractivity (Wildman–Crippen MR) is 169 cm³/mol. The average molecular weight is 581 g/mol. The molecule has 0 aromatic carbocycles. The molecule has 2 aromatic heterocycles. The Morgan fingerprint density at radius 3 is 1.36 bits per heavy atom. The molecule has 1 fully saturated rings. The molecule has 3 rings (SSSR count). The van der Waals surface area contributed by atoms with Gasteiger partial charge in [-0.15, -0.1) is 0 Å². The van der Waals surface area contributed by atoms with Gasteiger partial charge in [0.1, 0.15) is 11.6 Å². The average Bonchev–Trinajstić information content (AvgIpc) is 3.01. The summed E-state index contributed by atoms with van der Waals surface area (Å²) < 4.78 is 11.3. The quantitative estimate of drug-likeness (QED) is 0.132. The highest BCUT2D eigenvalue weighted by Gasteiger charge is 2.21. The minimum Gasteiger partial charge on any atom is -0.459 e. The zero-order chi connectivity index (χ0) is 30.2. The molecular weight excluding hydrogens is 528 g/mol. The number of ether oxygens (including phenoxy) is 2. The fourth-order valence-corrected chi connectivity index (χ4v) is 5.24. The number of rotatable bonds is 18. The van der Waals surface area contributed by atoms with Crippen LogP contribution in [0.2, 0.25) is 0 Å². The lowest BCUT2D eigenvalue weighted by molar-refractivity contribution is 0.0308. The maximum atomic E-state index is 12.6. The molecule has 1 unspecified atom stereocenters. The van der Waals surface area contributed by atoms with Crippen molar-refractivity contribution in [3.8, 4) is 0 Å². The number of hydrogen-bond acceptors (Lipinski definition) is 8. The number of aromatic nitrogens is 2. The molecule has 1 aliphatic rings. The van der Waals surface area contributed by atoms with Gasteiger partial charge in [-0.1, -0.05) is 65.2 Å². The Morgan fingerprint density at radius 2 is 1.02 bits per heavy atom. The first kappa shape index (κ1) is 33.3. The summed E-state index contributed by atoms with van der Waals surface area (Å²) in [5, 5.41) is 0. The smallest absolute Gasteiger partial charge is 0.339 e. The van der Waals surface area contributed by atoms with Crippen molar-refractivity contribution in [2.75, 3.05) is 36.0 Å². The molecule has 0 N–H and O–H groups in total. The van der Waals surface area contributed by atoms with E-state index in [1.807, 2.05) is 26.0 Å². The Balaban J connectivity index is 1.40. The third kappa shape index (κ3) is 11.3. The second-order valence-electron chi connectivity index (χ2n) is 11.6. The maximum Gasteiger partial charge on any atom is 0.339 e. The molecule has 232 valence electrons. The molecule has 1 saturated heterocycles. The molecule has 8 nitrogen and oxygen atoms in total. The van der Waals surface area contributed by atoms with Gasteiger partial charge in [-0.2, -0.15) is 0 Å². The molecule has 0 amide bonds. The minimum atomic E-state index is -0.310. The van der Waals surface area contributed by atoms with Crippen LogP contribution in [-0.4, -0.2) is 60.3 Å². The van der Waals surface area contributed by atoms with Crippen molar-refractivity contribution in [1.29, 1.82) is 0 Å². The summed E-state index contributed by atoms with van der Waals surface area (Å²) in [6.07, 6.45) is 16.9. The third-order valence-corrected chi connectivity index (χ3v) is 7.94. The van der Waals surface area contributed by atoms with E-state index in [-0.39, 0.29) is 24.1 Å². The van der Waals surface area contributed by atoms with Crippen LogP contribution in [0.5, 0.6) is 0 Å². The van der Waals surface area contributed by atoms with Gasteiger partial charge in [0.25, 0.3) is 0 Å². The van der Waals surface area contributed by atoms with Gasteiger partial charge in [-0.25, -0.2) is 19.6 Å². The van der Waals surface area contributed by atoms with Gasteiger partial charge in [-0.3, -0.25) is 0 Å². The summed E-state index contributed by atoms with van der Waals surface area (Å²) in [4.78, 5) is 38.6. The Bertz CT molecular complexity index is 967. The summed E-state index contributed by atoms with van der Waals surface area (Å²) in [7, 11) is 0. The largest absolute Gasteiger partial charge is 0.459 e. The summed E-state index contributed by atoms with van der Waals surface area (Å²) in [5.74, 6) is 1.08. The van der Waals surface area contributed by atoms with Gasteiger partial charge < -0.3 is 19.3 Å². The zero-order valence-corrected chi connectivity index (χ0v) is 26.4. The Morgan fingerprint density at radius 1 is 0.643 bits per heavy atom. The highest BCUT2D eigenvalue weighted by atomic mass is 16.5. The number of unbranched alkanes of at least 4 members (excludes halogenated alkanes) is 8. The topological polar surface area (TPSA) is 84.9 Å². The van der Waals surface area contributed by atoms with E-state index in [2.05, 4.69) is 33.6 Å². The first-order valence-corrected chi connectivity index (χ1v) is 16.2. The lowest BCUT2D eigenvalue weighted by Crippen LogP contribution is -2.47. The number of carbonyl (C=O) groups is 2. The summed E-state index contributed by atoms with van der Waals surface area (Å²) in [6.45, 7) is 11.5. The molecule has 1 aliphatic heterocycles. The molecule has 0 saturated carbocycles. The molecule has 0 spiro atoms. The van der Waals surface area contributed by atoms with E-state index in [1.165, 1.54) is 51.4 Å². The fourth-order valence-electron chi connectivity index (χ4n) is 5.24. The number of hydrogen-bond donors (Lipinski definition) is 0. The number of esters is 2. The molecule has 3 heterocycles. The van der Waals surface area contributed by atoms with Crippen molar-refractivity contribution < 1.29 is 19.1 Å². The normalized spacial score (nSPS) is 14.9. The van der Waals surface area contributed by atoms with Gasteiger partial charge in [0.05, 0.1) is 23.3 Å². The van der Waals surface area contributed by atoms with Gasteiger partial charge in [0.2, 0.25) is 0 Å². The van der Waals surface area contributed by atoms with E-state index in [0.29, 0.717) is 11.1 Å². The van der Waals surface area contributed by atoms with Crippen LogP contribution in [0.3, 0.4) is 0 Å². The second kappa shape index (κ2) is 18.4. The number of nitrogens with zero attached hydrogens (tertiary/aromatic N) is 4. The molecule has 0 radical (unpaired) electrons. The van der Waals surface area contributed by atoms with Crippen molar-refractivity contribution in [3.63, 3.8) is 0 Å². The molecular formula is C34H52N4O4. The summed E-state index contributed by atoms with van der Waals surface area (Å²) in [5.41, 5.74) is 0.971. The summed E-state index contributed by atoms with van der Waals surface area (Å²) >= 11 is 0. The van der Waals surface area contributed by atoms with Crippen LogP contribution in [0, 0.1) is 0 Å². The van der Waals surface area contributed by atoms with E-state index < -0.39 is 0 Å². The van der Waals surface area contributed by atoms with Crippen molar-refractivity contribution in [2.24, 2.45) is 0 Å². The maximum absolute atomic E-state index is 12.6. The SMILES string of the molecule is CCCCCCCC(C)OC(=O)c1ccc(N2CCN(c3ccc(C(=O)O[C@@H](C)CCCCCCC)cn3)CC2)nc1. The van der Waals surface area contributed by atoms with Crippen LogP contribution < -0.4 is 9.80 Å². The first-order chi connectivity index (χ1) is 20.4. The van der Waals surface area contributed by atoms with Crippen LogP contribution in [0.15, 0.2) is 36.7 Å². The van der Waals surface area contributed by atoms with Gasteiger partial charge in [0, 0.05) is 38.6 Å². The van der Waals surface area contributed by atoms with E-state index in [1.54, 1.807) is 24.5 Å². The highest BCUT2D eigenvalue weighted by molar-refractivity contribution is 5.89. The number of piperazine rings is 1. The third-order valence-electron chi connectivity index (χ3n) is 7.94. The first-order valence-electron chi connectivity index (χ1n) is 16.2. The Hall–Kier alpha value is -3.16. The van der Waals surface area contributed by atoms with Crippen LogP contribution in [-0.2, 0) is 9.47 Å². The number of anilines is 2. The zero-order valence-electron chi connectivity index (χ0n) is 26.4. The van der Waals surface area contributed by atoms with Gasteiger partial charge in [-0.05, 0) is 63.8 Å². The molecule has 0 bridgehead atoms.